The van der Waals surface area contributed by atoms with Crippen molar-refractivity contribution in [2.75, 3.05) is 0 Å². The van der Waals surface area contributed by atoms with Crippen molar-refractivity contribution in [3.05, 3.63) is 132 Å². The van der Waals surface area contributed by atoms with Crippen LogP contribution in [0.3, 0.4) is 0 Å². The predicted molar refractivity (Wildman–Crippen MR) is 158 cm³/mol. The lowest BCUT2D eigenvalue weighted by Crippen LogP contribution is -1.98. The van der Waals surface area contributed by atoms with Gasteiger partial charge in [0.2, 0.25) is 0 Å². The SMILES string of the molecule is Brc1ccc2c(c1)c1ncccc1n2-c1cccc(-c2nc(-c3ccccc3)cc(-c3ccccc3)n2)c1. The van der Waals surface area contributed by atoms with Gasteiger partial charge in [0.15, 0.2) is 5.82 Å². The highest BCUT2D eigenvalue weighted by Crippen LogP contribution is 2.34. The minimum absolute atomic E-state index is 0.689. The molecule has 0 aliphatic rings. The van der Waals surface area contributed by atoms with Crippen LogP contribution in [0.25, 0.3) is 61.5 Å². The summed E-state index contributed by atoms with van der Waals surface area (Å²) >= 11 is 3.62. The molecule has 0 radical (unpaired) electrons. The van der Waals surface area contributed by atoms with E-state index in [2.05, 4.69) is 99.4 Å². The second-order valence-electron chi connectivity index (χ2n) is 9.11. The van der Waals surface area contributed by atoms with Crippen molar-refractivity contribution in [1.82, 2.24) is 19.5 Å². The number of fused-ring (bicyclic) bond motifs is 3. The van der Waals surface area contributed by atoms with Crippen molar-refractivity contribution >= 4 is 37.9 Å². The highest BCUT2D eigenvalue weighted by molar-refractivity contribution is 9.10. The Morgan fingerprint density at radius 3 is 1.95 bits per heavy atom. The maximum atomic E-state index is 5.02. The van der Waals surface area contributed by atoms with Gasteiger partial charge in [0.1, 0.15) is 0 Å². The van der Waals surface area contributed by atoms with E-state index >= 15 is 0 Å². The fraction of sp³-hybridized carbons (Fsp3) is 0. The number of aromatic nitrogens is 4. The number of nitrogens with zero attached hydrogens (tertiary/aromatic N) is 4. The van der Waals surface area contributed by atoms with E-state index in [-0.39, 0.29) is 0 Å². The lowest BCUT2D eigenvalue weighted by atomic mass is 10.1. The number of rotatable bonds is 4. The largest absolute Gasteiger partial charge is 0.308 e. The van der Waals surface area contributed by atoms with E-state index in [0.717, 1.165) is 60.2 Å². The summed E-state index contributed by atoms with van der Waals surface area (Å²) in [7, 11) is 0. The van der Waals surface area contributed by atoms with Gasteiger partial charge in [-0.2, -0.15) is 0 Å². The normalized spacial score (nSPS) is 11.3. The fourth-order valence-corrected chi connectivity index (χ4v) is 5.32. The molecule has 0 bridgehead atoms. The van der Waals surface area contributed by atoms with E-state index in [9.17, 15) is 0 Å². The molecular weight excluding hydrogens is 532 g/mol. The number of hydrogen-bond donors (Lipinski definition) is 0. The summed E-state index contributed by atoms with van der Waals surface area (Å²) in [5.74, 6) is 0.689. The van der Waals surface area contributed by atoms with Crippen molar-refractivity contribution in [3.63, 3.8) is 0 Å². The van der Waals surface area contributed by atoms with Crippen molar-refractivity contribution < 1.29 is 0 Å². The average molecular weight is 553 g/mol. The van der Waals surface area contributed by atoms with Gasteiger partial charge < -0.3 is 4.57 Å². The summed E-state index contributed by atoms with van der Waals surface area (Å²) in [5, 5.41) is 1.11. The van der Waals surface area contributed by atoms with Crippen LogP contribution in [0.5, 0.6) is 0 Å². The van der Waals surface area contributed by atoms with E-state index in [4.69, 9.17) is 15.0 Å². The van der Waals surface area contributed by atoms with Gasteiger partial charge in [-0.25, -0.2) is 9.97 Å². The van der Waals surface area contributed by atoms with E-state index in [1.54, 1.807) is 0 Å². The third-order valence-electron chi connectivity index (χ3n) is 6.71. The second-order valence-corrected chi connectivity index (χ2v) is 10.0. The van der Waals surface area contributed by atoms with Crippen LogP contribution in [0.2, 0.25) is 0 Å². The Morgan fingerprint density at radius 1 is 0.553 bits per heavy atom. The number of pyridine rings is 1. The molecule has 0 aliphatic carbocycles. The molecule has 0 unspecified atom stereocenters. The first kappa shape index (κ1) is 22.6. The van der Waals surface area contributed by atoms with Gasteiger partial charge in [-0.05, 0) is 48.5 Å². The number of hydrogen-bond acceptors (Lipinski definition) is 3. The summed E-state index contributed by atoms with van der Waals surface area (Å²) in [6, 6.07) is 41.4. The molecule has 4 aromatic carbocycles. The predicted octanol–water partition coefficient (Wildman–Crippen LogP) is 8.73. The molecule has 180 valence electrons. The van der Waals surface area contributed by atoms with Gasteiger partial charge in [0.05, 0.1) is 27.9 Å². The minimum atomic E-state index is 0.689. The first-order valence-electron chi connectivity index (χ1n) is 12.4. The summed E-state index contributed by atoms with van der Waals surface area (Å²) in [5.41, 5.74) is 9.03. The van der Waals surface area contributed by atoms with Gasteiger partial charge in [-0.1, -0.05) is 88.7 Å². The van der Waals surface area contributed by atoms with Crippen LogP contribution in [0.15, 0.2) is 132 Å². The molecule has 0 N–H and O–H groups in total. The lowest BCUT2D eigenvalue weighted by Gasteiger charge is -2.12. The Bertz CT molecular complexity index is 1870. The van der Waals surface area contributed by atoms with Crippen molar-refractivity contribution in [1.29, 1.82) is 0 Å². The summed E-state index contributed by atoms with van der Waals surface area (Å²) in [6.45, 7) is 0. The van der Waals surface area contributed by atoms with E-state index in [0.29, 0.717) is 5.82 Å². The molecule has 0 saturated heterocycles. The maximum Gasteiger partial charge on any atom is 0.160 e. The van der Waals surface area contributed by atoms with E-state index in [1.807, 2.05) is 48.7 Å². The molecular formula is C33H21BrN4. The zero-order chi connectivity index (χ0) is 25.5. The summed E-state index contributed by atoms with van der Waals surface area (Å²) in [4.78, 5) is 14.7. The maximum absolute atomic E-state index is 5.02. The van der Waals surface area contributed by atoms with Crippen LogP contribution in [-0.4, -0.2) is 19.5 Å². The smallest absolute Gasteiger partial charge is 0.160 e. The van der Waals surface area contributed by atoms with Crippen molar-refractivity contribution in [2.45, 2.75) is 0 Å². The van der Waals surface area contributed by atoms with Gasteiger partial charge in [0.25, 0.3) is 0 Å². The van der Waals surface area contributed by atoms with E-state index in [1.165, 1.54) is 0 Å². The topological polar surface area (TPSA) is 43.6 Å². The fourth-order valence-electron chi connectivity index (χ4n) is 4.96. The monoisotopic (exact) mass is 552 g/mol. The molecule has 0 amide bonds. The Morgan fingerprint density at radius 2 is 1.24 bits per heavy atom. The average Bonchev–Trinajstić information content (AvgIpc) is 3.31. The molecule has 0 atom stereocenters. The van der Waals surface area contributed by atoms with Crippen molar-refractivity contribution in [2.24, 2.45) is 0 Å². The van der Waals surface area contributed by atoms with E-state index < -0.39 is 0 Å². The molecule has 38 heavy (non-hydrogen) atoms. The quantitative estimate of drug-likeness (QED) is 0.219. The molecule has 0 fully saturated rings. The van der Waals surface area contributed by atoms with Crippen LogP contribution in [-0.2, 0) is 0 Å². The second kappa shape index (κ2) is 9.36. The Hall–Kier alpha value is -4.61. The van der Waals surface area contributed by atoms with Crippen LogP contribution in [0.1, 0.15) is 0 Å². The van der Waals surface area contributed by atoms with Crippen LogP contribution >= 0.6 is 15.9 Å². The van der Waals surface area contributed by atoms with Gasteiger partial charge >= 0.3 is 0 Å². The number of halogens is 1. The molecule has 0 saturated carbocycles. The molecule has 7 aromatic rings. The molecule has 5 heteroatoms. The third-order valence-corrected chi connectivity index (χ3v) is 7.20. The molecule has 7 rings (SSSR count). The molecule has 3 heterocycles. The van der Waals surface area contributed by atoms with Crippen LogP contribution < -0.4 is 0 Å². The van der Waals surface area contributed by atoms with Gasteiger partial charge in [-0.15, -0.1) is 0 Å². The zero-order valence-electron chi connectivity index (χ0n) is 20.3. The number of benzene rings is 4. The van der Waals surface area contributed by atoms with Gasteiger partial charge in [-0.3, -0.25) is 4.98 Å². The lowest BCUT2D eigenvalue weighted by molar-refractivity contribution is 1.15. The van der Waals surface area contributed by atoms with Crippen LogP contribution in [0, 0.1) is 0 Å². The van der Waals surface area contributed by atoms with Crippen LogP contribution in [0.4, 0.5) is 0 Å². The van der Waals surface area contributed by atoms with Crippen molar-refractivity contribution in [3.8, 4) is 39.6 Å². The van der Waals surface area contributed by atoms with Gasteiger partial charge in [0, 0.05) is 38.4 Å². The molecule has 0 spiro atoms. The zero-order valence-corrected chi connectivity index (χ0v) is 21.9. The molecule has 3 aromatic heterocycles. The first-order valence-corrected chi connectivity index (χ1v) is 13.2. The summed E-state index contributed by atoms with van der Waals surface area (Å²) < 4.78 is 3.29. The minimum Gasteiger partial charge on any atom is -0.308 e. The Kier molecular flexibility index (Phi) is 5.56. The summed E-state index contributed by atoms with van der Waals surface area (Å²) in [6.07, 6.45) is 1.84. The highest BCUT2D eigenvalue weighted by atomic mass is 79.9. The first-order chi connectivity index (χ1) is 18.7. The molecule has 0 aliphatic heterocycles. The third kappa shape index (κ3) is 3.98. The Labute approximate surface area is 228 Å². The standard InChI is InChI=1S/C33H21BrN4/c34-25-16-17-30-27(20-25)32-31(15-8-18-35-32)38(30)26-14-7-13-24(19-26)33-36-28(22-9-3-1-4-10-22)21-29(37-33)23-11-5-2-6-12-23/h1-21H. The Balaban J connectivity index is 1.44. The molecule has 4 nitrogen and oxygen atoms in total. The highest BCUT2D eigenvalue weighted by Gasteiger charge is 2.15.